The largest absolute Gasteiger partial charge is 0.495 e. The second-order valence-electron chi connectivity index (χ2n) is 6.36. The summed E-state index contributed by atoms with van der Waals surface area (Å²) in [6.07, 6.45) is 0. The normalized spacial score (nSPS) is 15.4. The van der Waals surface area contributed by atoms with Crippen molar-refractivity contribution in [2.45, 2.75) is 24.8 Å². The Morgan fingerprint density at radius 1 is 1.10 bits per heavy atom. The minimum Gasteiger partial charge on any atom is -0.495 e. The first-order valence-electron chi connectivity index (χ1n) is 8.61. The predicted molar refractivity (Wildman–Crippen MR) is 105 cm³/mol. The zero-order chi connectivity index (χ0) is 21.3. The van der Waals surface area contributed by atoms with Crippen LogP contribution in [0.1, 0.15) is 24.2 Å². The van der Waals surface area contributed by atoms with Crippen LogP contribution >= 0.6 is 0 Å². The van der Waals surface area contributed by atoms with E-state index in [4.69, 9.17) is 4.74 Å². The lowest BCUT2D eigenvalue weighted by molar-refractivity contribution is -0.119. The van der Waals surface area contributed by atoms with Gasteiger partial charge in [-0.2, -0.15) is 0 Å². The third-order valence-corrected chi connectivity index (χ3v) is 6.28. The Balaban J connectivity index is 1.89. The number of hydrogen-bond acceptors (Lipinski definition) is 6. The summed E-state index contributed by atoms with van der Waals surface area (Å²) < 4.78 is 31.3. The van der Waals surface area contributed by atoms with E-state index in [1.165, 1.54) is 45.2 Å². The zero-order valence-electron chi connectivity index (χ0n) is 15.9. The monoisotopic (exact) mass is 417 g/mol. The molecule has 10 heteroatoms. The van der Waals surface area contributed by atoms with Gasteiger partial charge in [-0.1, -0.05) is 12.1 Å². The van der Waals surface area contributed by atoms with Gasteiger partial charge in [-0.15, -0.1) is 0 Å². The number of sulfonamides is 1. The van der Waals surface area contributed by atoms with Gasteiger partial charge in [0.15, 0.2) is 0 Å². The highest BCUT2D eigenvalue weighted by atomic mass is 32.2. The maximum atomic E-state index is 12.8. The summed E-state index contributed by atoms with van der Waals surface area (Å²) in [7, 11) is -2.74. The van der Waals surface area contributed by atoms with Crippen LogP contribution in [0.15, 0.2) is 47.4 Å². The Hall–Kier alpha value is -3.40. The van der Waals surface area contributed by atoms with Gasteiger partial charge in [-0.25, -0.2) is 12.7 Å². The summed E-state index contributed by atoms with van der Waals surface area (Å²) in [6, 6.07) is 9.08. The molecule has 0 bridgehead atoms. The van der Waals surface area contributed by atoms with Gasteiger partial charge < -0.3 is 15.4 Å². The molecule has 0 saturated carbocycles. The van der Waals surface area contributed by atoms with Gasteiger partial charge >= 0.3 is 0 Å². The number of ether oxygens (including phenoxy) is 1. The highest BCUT2D eigenvalue weighted by Crippen LogP contribution is 2.33. The van der Waals surface area contributed by atoms with Crippen LogP contribution in [-0.4, -0.2) is 43.6 Å². The number of amides is 3. The van der Waals surface area contributed by atoms with Crippen LogP contribution in [0.25, 0.3) is 0 Å². The molecule has 0 spiro atoms. The summed E-state index contributed by atoms with van der Waals surface area (Å²) >= 11 is 0. The fourth-order valence-electron chi connectivity index (χ4n) is 3.02. The number of carbonyl (C=O) groups is 3. The molecule has 0 radical (unpaired) electrons. The molecule has 2 N–H and O–H groups in total. The molecule has 1 unspecified atom stereocenters. The van der Waals surface area contributed by atoms with Crippen LogP contribution < -0.4 is 15.4 Å². The molecular weight excluding hydrogens is 398 g/mol. The minimum atomic E-state index is -4.14. The van der Waals surface area contributed by atoms with E-state index in [9.17, 15) is 22.8 Å². The van der Waals surface area contributed by atoms with Crippen molar-refractivity contribution in [1.82, 2.24) is 4.31 Å². The van der Waals surface area contributed by atoms with E-state index in [0.29, 0.717) is 15.7 Å². The molecule has 0 aromatic heterocycles. The topological polar surface area (TPSA) is 122 Å². The maximum Gasteiger partial charge on any atom is 0.269 e. The number of nitrogens with one attached hydrogen (secondary N) is 2. The summed E-state index contributed by atoms with van der Waals surface area (Å²) in [5.74, 6) is -1.49. The smallest absolute Gasteiger partial charge is 0.269 e. The Morgan fingerprint density at radius 2 is 1.79 bits per heavy atom. The first-order valence-corrected chi connectivity index (χ1v) is 10.0. The molecule has 1 heterocycles. The summed E-state index contributed by atoms with van der Waals surface area (Å²) in [5, 5.41) is 5.14. The highest BCUT2D eigenvalue weighted by Gasteiger charge is 2.45. The first kappa shape index (κ1) is 20.3. The lowest BCUT2D eigenvalue weighted by Gasteiger charge is -2.23. The van der Waals surface area contributed by atoms with Crippen molar-refractivity contribution in [3.8, 4) is 5.75 Å². The second-order valence-corrected chi connectivity index (χ2v) is 8.15. The Kier molecular flexibility index (Phi) is 5.29. The number of methoxy groups -OCH3 is 1. The zero-order valence-corrected chi connectivity index (χ0v) is 16.7. The van der Waals surface area contributed by atoms with E-state index in [-0.39, 0.29) is 22.1 Å². The molecule has 1 aliphatic heterocycles. The fraction of sp³-hybridized carbons (Fsp3) is 0.211. The van der Waals surface area contributed by atoms with Gasteiger partial charge in [0.1, 0.15) is 16.7 Å². The van der Waals surface area contributed by atoms with Crippen molar-refractivity contribution in [2.75, 3.05) is 17.7 Å². The van der Waals surface area contributed by atoms with Gasteiger partial charge in [0.25, 0.3) is 15.9 Å². The van der Waals surface area contributed by atoms with Gasteiger partial charge in [0.2, 0.25) is 11.8 Å². The van der Waals surface area contributed by atoms with E-state index < -0.39 is 27.9 Å². The lowest BCUT2D eigenvalue weighted by atomic mass is 10.2. The molecule has 3 amide bonds. The molecule has 1 aliphatic rings. The molecule has 29 heavy (non-hydrogen) atoms. The van der Waals surface area contributed by atoms with Gasteiger partial charge in [0, 0.05) is 12.6 Å². The molecule has 0 saturated heterocycles. The Morgan fingerprint density at radius 3 is 2.41 bits per heavy atom. The predicted octanol–water partition coefficient (Wildman–Crippen LogP) is 1.83. The number of benzene rings is 2. The standard InChI is InChI=1S/C19H19N3O6S/c1-11(22-19(25)14-6-4-5-7-17(14)29(22,26)27)18(24)21-15-10-13(20-12(2)23)8-9-16(15)28-3/h4-11H,1-3H3,(H,20,23)(H,21,24). The minimum absolute atomic E-state index is 0.0254. The first-order chi connectivity index (χ1) is 13.7. The number of carbonyl (C=O) groups excluding carboxylic acids is 3. The second kappa shape index (κ2) is 7.55. The van der Waals surface area contributed by atoms with Gasteiger partial charge in [-0.3, -0.25) is 14.4 Å². The van der Waals surface area contributed by atoms with Crippen LogP contribution in [0.4, 0.5) is 11.4 Å². The molecule has 3 rings (SSSR count). The van der Waals surface area contributed by atoms with Gasteiger partial charge in [0.05, 0.1) is 18.4 Å². The number of anilines is 2. The number of hydrogen-bond donors (Lipinski definition) is 2. The average molecular weight is 417 g/mol. The van der Waals surface area contributed by atoms with Crippen molar-refractivity contribution >= 4 is 39.1 Å². The van der Waals surface area contributed by atoms with Gasteiger partial charge in [-0.05, 0) is 37.3 Å². The number of fused-ring (bicyclic) bond motifs is 1. The molecule has 2 aromatic rings. The quantitative estimate of drug-likeness (QED) is 0.765. The van der Waals surface area contributed by atoms with E-state index in [2.05, 4.69) is 10.6 Å². The lowest BCUT2D eigenvalue weighted by Crippen LogP contribution is -2.45. The molecular formula is C19H19N3O6S. The molecule has 2 aromatic carbocycles. The van der Waals surface area contributed by atoms with Crippen molar-refractivity contribution in [3.63, 3.8) is 0 Å². The van der Waals surface area contributed by atoms with Crippen molar-refractivity contribution < 1.29 is 27.5 Å². The maximum absolute atomic E-state index is 12.8. The fourth-order valence-corrected chi connectivity index (χ4v) is 4.74. The van der Waals surface area contributed by atoms with Crippen LogP contribution in [0.3, 0.4) is 0 Å². The molecule has 152 valence electrons. The van der Waals surface area contributed by atoms with Crippen LogP contribution in [0, 0.1) is 0 Å². The molecule has 0 fully saturated rings. The molecule has 1 atom stereocenters. The molecule has 0 aliphatic carbocycles. The van der Waals surface area contributed by atoms with Crippen LogP contribution in [0.5, 0.6) is 5.75 Å². The van der Waals surface area contributed by atoms with E-state index >= 15 is 0 Å². The van der Waals surface area contributed by atoms with Crippen LogP contribution in [0.2, 0.25) is 0 Å². The van der Waals surface area contributed by atoms with Crippen molar-refractivity contribution in [3.05, 3.63) is 48.0 Å². The summed E-state index contributed by atoms with van der Waals surface area (Å²) in [6.45, 7) is 2.66. The Labute approximate surface area is 167 Å². The third-order valence-electron chi connectivity index (χ3n) is 4.36. The summed E-state index contributed by atoms with van der Waals surface area (Å²) in [4.78, 5) is 36.5. The third kappa shape index (κ3) is 3.66. The molecule has 9 nitrogen and oxygen atoms in total. The van der Waals surface area contributed by atoms with Crippen LogP contribution in [-0.2, 0) is 19.6 Å². The Bertz CT molecular complexity index is 1110. The number of nitrogens with zero attached hydrogens (tertiary/aromatic N) is 1. The van der Waals surface area contributed by atoms with E-state index in [1.807, 2.05) is 0 Å². The SMILES string of the molecule is COc1ccc(NC(C)=O)cc1NC(=O)C(C)N1C(=O)c2ccccc2S1(=O)=O. The highest BCUT2D eigenvalue weighted by molar-refractivity contribution is 7.90. The van der Waals surface area contributed by atoms with Crippen molar-refractivity contribution in [1.29, 1.82) is 0 Å². The van der Waals surface area contributed by atoms with Crippen molar-refractivity contribution in [2.24, 2.45) is 0 Å². The van der Waals surface area contributed by atoms with E-state index in [0.717, 1.165) is 0 Å². The summed E-state index contributed by atoms with van der Waals surface area (Å²) in [5.41, 5.74) is 0.660. The van der Waals surface area contributed by atoms with E-state index in [1.54, 1.807) is 18.2 Å². The average Bonchev–Trinajstić information content (AvgIpc) is 2.87. The number of rotatable bonds is 5.